The van der Waals surface area contributed by atoms with Crippen molar-refractivity contribution >= 4 is 21.9 Å². The SMILES string of the molecule is CCS(=O)(=O)N(C)CC(=O)N1Cc2ccccc2C(C(=O)O)C1. The molecule has 1 atom stereocenters. The van der Waals surface area contributed by atoms with Gasteiger partial charge in [0.2, 0.25) is 15.9 Å². The van der Waals surface area contributed by atoms with E-state index in [1.165, 1.54) is 18.9 Å². The molecular formula is C15H20N2O5S. The van der Waals surface area contributed by atoms with E-state index in [0.717, 1.165) is 9.87 Å². The van der Waals surface area contributed by atoms with Gasteiger partial charge in [-0.05, 0) is 18.1 Å². The molecule has 0 aliphatic carbocycles. The summed E-state index contributed by atoms with van der Waals surface area (Å²) in [5, 5.41) is 9.39. The molecule has 1 N–H and O–H groups in total. The summed E-state index contributed by atoms with van der Waals surface area (Å²) < 4.78 is 24.5. The Bertz CT molecular complexity index is 716. The third-order valence-electron chi connectivity index (χ3n) is 4.04. The number of carboxylic acids is 1. The molecule has 1 aromatic carbocycles. The van der Waals surface area contributed by atoms with Crippen LogP contribution >= 0.6 is 0 Å². The standard InChI is InChI=1S/C15H20N2O5S/c1-3-23(21,22)16(2)10-14(18)17-8-11-6-4-5-7-12(11)13(9-17)15(19)20/h4-7,13H,3,8-10H2,1-2H3,(H,19,20). The molecule has 0 fully saturated rings. The van der Waals surface area contributed by atoms with Crippen LogP contribution in [0, 0.1) is 0 Å². The van der Waals surface area contributed by atoms with E-state index >= 15 is 0 Å². The molecule has 0 saturated carbocycles. The number of hydrogen-bond donors (Lipinski definition) is 1. The number of nitrogens with zero attached hydrogens (tertiary/aromatic N) is 2. The number of benzene rings is 1. The Morgan fingerprint density at radius 3 is 2.61 bits per heavy atom. The maximum absolute atomic E-state index is 12.4. The van der Waals surface area contributed by atoms with Crippen LogP contribution in [0.4, 0.5) is 0 Å². The molecule has 0 spiro atoms. The van der Waals surface area contributed by atoms with Gasteiger partial charge in [-0.1, -0.05) is 24.3 Å². The maximum atomic E-state index is 12.4. The van der Waals surface area contributed by atoms with Crippen molar-refractivity contribution < 1.29 is 23.1 Å². The van der Waals surface area contributed by atoms with Crippen molar-refractivity contribution in [3.63, 3.8) is 0 Å². The molecule has 1 unspecified atom stereocenters. The van der Waals surface area contributed by atoms with E-state index in [0.29, 0.717) is 12.1 Å². The molecule has 23 heavy (non-hydrogen) atoms. The zero-order valence-electron chi connectivity index (χ0n) is 13.1. The Balaban J connectivity index is 2.19. The first-order valence-corrected chi connectivity index (χ1v) is 8.89. The number of sulfonamides is 1. The lowest BCUT2D eigenvalue weighted by Gasteiger charge is -2.33. The molecule has 1 amide bonds. The van der Waals surface area contributed by atoms with Gasteiger partial charge in [-0.15, -0.1) is 0 Å². The summed E-state index contributed by atoms with van der Waals surface area (Å²) in [5.41, 5.74) is 1.49. The average molecular weight is 340 g/mol. The van der Waals surface area contributed by atoms with E-state index in [-0.39, 0.29) is 18.8 Å². The molecule has 126 valence electrons. The highest BCUT2D eigenvalue weighted by atomic mass is 32.2. The predicted octanol–water partition coefficient (Wildman–Crippen LogP) is 0.478. The van der Waals surface area contributed by atoms with Crippen molar-refractivity contribution in [2.75, 3.05) is 25.9 Å². The Kier molecular flexibility index (Phi) is 5.06. The van der Waals surface area contributed by atoms with Gasteiger partial charge in [0.1, 0.15) is 0 Å². The molecule has 0 bridgehead atoms. The molecule has 0 aromatic heterocycles. The minimum Gasteiger partial charge on any atom is -0.481 e. The number of carbonyl (C=O) groups is 2. The fraction of sp³-hybridized carbons (Fsp3) is 0.467. The quantitative estimate of drug-likeness (QED) is 0.841. The zero-order valence-corrected chi connectivity index (χ0v) is 13.9. The minimum atomic E-state index is -3.45. The normalized spacial score (nSPS) is 17.9. The van der Waals surface area contributed by atoms with E-state index in [1.54, 1.807) is 24.3 Å². The van der Waals surface area contributed by atoms with Crippen LogP contribution in [-0.2, 0) is 26.2 Å². The predicted molar refractivity (Wildman–Crippen MR) is 84.3 cm³/mol. The number of amides is 1. The Labute approximate surface area is 135 Å². The molecule has 1 heterocycles. The number of rotatable bonds is 5. The van der Waals surface area contributed by atoms with E-state index in [2.05, 4.69) is 0 Å². The van der Waals surface area contributed by atoms with E-state index in [1.807, 2.05) is 0 Å². The molecule has 1 aliphatic heterocycles. The van der Waals surface area contributed by atoms with Crippen LogP contribution in [0.3, 0.4) is 0 Å². The van der Waals surface area contributed by atoms with Crippen molar-refractivity contribution in [1.82, 2.24) is 9.21 Å². The highest BCUT2D eigenvalue weighted by molar-refractivity contribution is 7.89. The van der Waals surface area contributed by atoms with Crippen LogP contribution in [0.1, 0.15) is 24.0 Å². The molecular weight excluding hydrogens is 320 g/mol. The molecule has 1 aliphatic rings. The van der Waals surface area contributed by atoms with Gasteiger partial charge < -0.3 is 10.0 Å². The number of carbonyl (C=O) groups excluding carboxylic acids is 1. The van der Waals surface area contributed by atoms with Gasteiger partial charge in [0.05, 0.1) is 18.2 Å². The second-order valence-corrected chi connectivity index (χ2v) is 7.89. The van der Waals surface area contributed by atoms with Crippen molar-refractivity contribution in [3.05, 3.63) is 35.4 Å². The molecule has 7 nitrogen and oxygen atoms in total. The van der Waals surface area contributed by atoms with Gasteiger partial charge in [0.25, 0.3) is 0 Å². The number of carboxylic acid groups (broad SMARTS) is 1. The van der Waals surface area contributed by atoms with Gasteiger partial charge in [-0.3, -0.25) is 9.59 Å². The fourth-order valence-corrected chi connectivity index (χ4v) is 3.37. The average Bonchev–Trinajstić information content (AvgIpc) is 2.53. The largest absolute Gasteiger partial charge is 0.481 e. The minimum absolute atomic E-state index is 0.0468. The summed E-state index contributed by atoms with van der Waals surface area (Å²) in [5.74, 6) is -2.27. The second-order valence-electron chi connectivity index (χ2n) is 5.52. The van der Waals surface area contributed by atoms with Crippen molar-refractivity contribution in [1.29, 1.82) is 0 Å². The van der Waals surface area contributed by atoms with Gasteiger partial charge in [0, 0.05) is 20.1 Å². The van der Waals surface area contributed by atoms with Gasteiger partial charge >= 0.3 is 5.97 Å². The highest BCUT2D eigenvalue weighted by Gasteiger charge is 2.33. The van der Waals surface area contributed by atoms with E-state index in [9.17, 15) is 23.1 Å². The number of hydrogen-bond acceptors (Lipinski definition) is 4. The van der Waals surface area contributed by atoms with Gasteiger partial charge in [-0.2, -0.15) is 4.31 Å². The Morgan fingerprint density at radius 1 is 1.35 bits per heavy atom. The number of aliphatic carboxylic acids is 1. The van der Waals surface area contributed by atoms with Crippen molar-refractivity contribution in [2.24, 2.45) is 0 Å². The van der Waals surface area contributed by atoms with Crippen molar-refractivity contribution in [2.45, 2.75) is 19.4 Å². The first kappa shape index (κ1) is 17.4. The van der Waals surface area contributed by atoms with Crippen LogP contribution in [0.15, 0.2) is 24.3 Å². The van der Waals surface area contributed by atoms with E-state index < -0.39 is 27.8 Å². The lowest BCUT2D eigenvalue weighted by atomic mass is 9.90. The molecule has 0 saturated heterocycles. The topological polar surface area (TPSA) is 95.0 Å². The van der Waals surface area contributed by atoms with Crippen LogP contribution in [0.5, 0.6) is 0 Å². The summed E-state index contributed by atoms with van der Waals surface area (Å²) in [6.07, 6.45) is 0. The third kappa shape index (κ3) is 3.70. The van der Waals surface area contributed by atoms with Crippen molar-refractivity contribution in [3.8, 4) is 0 Å². The lowest BCUT2D eigenvalue weighted by molar-refractivity contribution is -0.141. The first-order chi connectivity index (χ1) is 10.8. The lowest BCUT2D eigenvalue weighted by Crippen LogP contribution is -2.45. The van der Waals surface area contributed by atoms with Gasteiger partial charge in [-0.25, -0.2) is 8.42 Å². The van der Waals surface area contributed by atoms with E-state index in [4.69, 9.17) is 0 Å². The summed E-state index contributed by atoms with van der Waals surface area (Å²) in [4.78, 5) is 25.3. The van der Waals surface area contributed by atoms with Crippen LogP contribution in [-0.4, -0.2) is 60.5 Å². The first-order valence-electron chi connectivity index (χ1n) is 7.28. The van der Waals surface area contributed by atoms with Crippen LogP contribution in [0.2, 0.25) is 0 Å². The molecule has 2 rings (SSSR count). The third-order valence-corrected chi connectivity index (χ3v) is 5.85. The Hall–Kier alpha value is -1.93. The summed E-state index contributed by atoms with van der Waals surface area (Å²) in [6, 6.07) is 7.11. The summed E-state index contributed by atoms with van der Waals surface area (Å²) in [6.45, 7) is 1.56. The summed E-state index contributed by atoms with van der Waals surface area (Å²) in [7, 11) is -2.10. The molecule has 0 radical (unpaired) electrons. The number of likely N-dealkylation sites (N-methyl/N-ethyl adjacent to an activating group) is 1. The maximum Gasteiger partial charge on any atom is 0.312 e. The zero-order chi connectivity index (χ0) is 17.2. The molecule has 1 aromatic rings. The smallest absolute Gasteiger partial charge is 0.312 e. The van der Waals surface area contributed by atoms with Crippen LogP contribution in [0.25, 0.3) is 0 Å². The monoisotopic (exact) mass is 340 g/mol. The second kappa shape index (κ2) is 6.67. The highest BCUT2D eigenvalue weighted by Crippen LogP contribution is 2.28. The summed E-state index contributed by atoms with van der Waals surface area (Å²) >= 11 is 0. The Morgan fingerprint density at radius 2 is 2.00 bits per heavy atom. The van der Waals surface area contributed by atoms with Gasteiger partial charge in [0.15, 0.2) is 0 Å². The van der Waals surface area contributed by atoms with Crippen LogP contribution < -0.4 is 0 Å². The molecule has 8 heteroatoms. The fourth-order valence-electron chi connectivity index (χ4n) is 2.62. The number of fused-ring (bicyclic) bond motifs is 1.